The van der Waals surface area contributed by atoms with E-state index in [4.69, 9.17) is 5.48 Å². The highest BCUT2D eigenvalue weighted by molar-refractivity contribution is 6.24. The fourth-order valence-electron chi connectivity index (χ4n) is 7.60. The van der Waals surface area contributed by atoms with Crippen LogP contribution in [-0.2, 0) is 6.42 Å². The van der Waals surface area contributed by atoms with Crippen molar-refractivity contribution < 1.29 is 11.0 Å². The molecule has 1 aliphatic rings. The van der Waals surface area contributed by atoms with Crippen LogP contribution in [0.5, 0.6) is 0 Å². The second-order valence-electron chi connectivity index (χ2n) is 12.2. The Bertz CT molecular complexity index is 3070. The molecule has 0 bridgehead atoms. The summed E-state index contributed by atoms with van der Waals surface area (Å²) in [5, 5.41) is 4.80. The van der Waals surface area contributed by atoms with Crippen LogP contribution in [0.15, 0.2) is 170 Å². The van der Waals surface area contributed by atoms with Gasteiger partial charge in [-0.15, -0.1) is 0 Å². The van der Waals surface area contributed by atoms with Crippen LogP contribution in [0.4, 0.5) is 0 Å². The number of hydrogen-bond donors (Lipinski definition) is 0. The molecule has 47 heavy (non-hydrogen) atoms. The molecule has 0 radical (unpaired) electrons. The average Bonchev–Trinajstić information content (AvgIpc) is 3.57. The summed E-state index contributed by atoms with van der Waals surface area (Å²) < 4.78 is 73.4. The second kappa shape index (κ2) is 10.3. The van der Waals surface area contributed by atoms with E-state index in [1.807, 2.05) is 97.1 Å². The Hall–Kier alpha value is -5.98. The van der Waals surface area contributed by atoms with Crippen molar-refractivity contribution >= 4 is 43.1 Å². The average molecular weight is 603 g/mol. The van der Waals surface area contributed by atoms with Crippen LogP contribution >= 0.6 is 0 Å². The maximum absolute atomic E-state index is 9.47. The van der Waals surface area contributed by atoms with Gasteiger partial charge < -0.3 is 0 Å². The van der Waals surface area contributed by atoms with Crippen molar-refractivity contribution in [2.24, 2.45) is 0 Å². The molecule has 9 aromatic rings. The Kier molecular flexibility index (Phi) is 4.27. The molecule has 0 amide bonds. The van der Waals surface area contributed by atoms with Crippen LogP contribution in [0, 0.1) is 0 Å². The van der Waals surface area contributed by atoms with Crippen LogP contribution in [0.3, 0.4) is 0 Å². The summed E-state index contributed by atoms with van der Waals surface area (Å²) in [6.07, 6.45) is 0.738. The molecule has 0 spiro atoms. The first-order valence-electron chi connectivity index (χ1n) is 19.8. The lowest BCUT2D eigenvalue weighted by atomic mass is 9.83. The highest BCUT2D eigenvalue weighted by atomic mass is 14.3. The van der Waals surface area contributed by atoms with Crippen LogP contribution in [0.2, 0.25) is 0 Å². The number of benzene rings is 9. The minimum Gasteiger partial charge on any atom is -0.0622 e. The van der Waals surface area contributed by atoms with E-state index in [1.165, 1.54) is 5.56 Å². The summed E-state index contributed by atoms with van der Waals surface area (Å²) in [5.74, 6) is 0. The maximum atomic E-state index is 9.47. The lowest BCUT2D eigenvalue weighted by Crippen LogP contribution is -1.93. The third kappa shape index (κ3) is 4.02. The summed E-state index contributed by atoms with van der Waals surface area (Å²) >= 11 is 0. The van der Waals surface area contributed by atoms with E-state index in [1.54, 1.807) is 0 Å². The normalized spacial score (nSPS) is 14.6. The molecule has 0 saturated heterocycles. The standard InChI is InChI=1S/C47H30/c1-2-12-30(13-3-1)36-24-25-43(38-17-7-6-16-37(36)38)47-41-20-10-8-18-39(41)46(40-19-9-11-21-42(40)47)34-23-22-33-27-35-26-31-14-4-5-15-32(31)28-45(35)44(33)29-34/h1-26,28-29H,27H2/i8D,9D,10D,11D,18D,19D,20D,21D. The quantitative estimate of drug-likeness (QED) is 0.177. The zero-order chi connectivity index (χ0) is 37.9. The van der Waals surface area contributed by atoms with Crippen molar-refractivity contribution in [3.05, 3.63) is 181 Å². The molecule has 0 heteroatoms. The van der Waals surface area contributed by atoms with Gasteiger partial charge in [-0.2, -0.15) is 0 Å². The molecular formula is C47H30. The molecule has 0 fully saturated rings. The molecule has 9 aromatic carbocycles. The third-order valence-electron chi connectivity index (χ3n) is 9.69. The largest absolute Gasteiger partial charge is 0.0629 e. The highest BCUT2D eigenvalue weighted by Gasteiger charge is 2.23. The summed E-state index contributed by atoms with van der Waals surface area (Å²) in [6, 6.07) is 37.6. The van der Waals surface area contributed by atoms with Gasteiger partial charge in [0.05, 0.1) is 11.0 Å². The zero-order valence-corrected chi connectivity index (χ0v) is 25.3. The molecule has 10 rings (SSSR count). The smallest absolute Gasteiger partial charge is 0.0622 e. The van der Waals surface area contributed by atoms with Crippen molar-refractivity contribution in [1.29, 1.82) is 0 Å². The lowest BCUT2D eigenvalue weighted by Gasteiger charge is -2.20. The summed E-state index contributed by atoms with van der Waals surface area (Å²) in [6.45, 7) is 0. The fourth-order valence-corrected chi connectivity index (χ4v) is 7.60. The number of rotatable bonds is 3. The molecular weight excluding hydrogens is 565 g/mol. The van der Waals surface area contributed by atoms with Crippen molar-refractivity contribution in [3.8, 4) is 44.5 Å². The summed E-state index contributed by atoms with van der Waals surface area (Å²) in [5.41, 5.74) is 8.28. The fraction of sp³-hybridized carbons (Fsp3) is 0.0213. The van der Waals surface area contributed by atoms with E-state index >= 15 is 0 Å². The Morgan fingerprint density at radius 3 is 1.62 bits per heavy atom. The van der Waals surface area contributed by atoms with Gasteiger partial charge in [0.15, 0.2) is 0 Å². The van der Waals surface area contributed by atoms with E-state index in [0.717, 1.165) is 55.8 Å². The van der Waals surface area contributed by atoms with E-state index in [0.29, 0.717) is 22.3 Å². The first-order chi connectivity index (χ1) is 26.6. The first kappa shape index (κ1) is 19.5. The van der Waals surface area contributed by atoms with Gasteiger partial charge in [-0.25, -0.2) is 0 Å². The molecule has 0 saturated carbocycles. The molecule has 218 valence electrons. The van der Waals surface area contributed by atoms with E-state index < -0.39 is 24.2 Å². The van der Waals surface area contributed by atoms with Crippen LogP contribution < -0.4 is 0 Å². The molecule has 0 aromatic heterocycles. The van der Waals surface area contributed by atoms with Crippen molar-refractivity contribution in [1.82, 2.24) is 0 Å². The van der Waals surface area contributed by atoms with Gasteiger partial charge >= 0.3 is 0 Å². The molecule has 0 atom stereocenters. The van der Waals surface area contributed by atoms with Crippen molar-refractivity contribution in [2.75, 3.05) is 0 Å². The van der Waals surface area contributed by atoms with E-state index in [2.05, 4.69) is 24.3 Å². The van der Waals surface area contributed by atoms with Gasteiger partial charge in [-0.3, -0.25) is 0 Å². The Balaban J connectivity index is 1.38. The lowest BCUT2D eigenvalue weighted by molar-refractivity contribution is 1.27. The van der Waals surface area contributed by atoms with Gasteiger partial charge in [-0.1, -0.05) is 158 Å². The van der Waals surface area contributed by atoms with Crippen molar-refractivity contribution in [3.63, 3.8) is 0 Å². The molecule has 0 unspecified atom stereocenters. The Morgan fingerprint density at radius 2 is 0.915 bits per heavy atom. The molecule has 0 N–H and O–H groups in total. The third-order valence-corrected chi connectivity index (χ3v) is 9.69. The van der Waals surface area contributed by atoms with E-state index in [-0.39, 0.29) is 45.7 Å². The van der Waals surface area contributed by atoms with Gasteiger partial charge in [0.25, 0.3) is 0 Å². The van der Waals surface area contributed by atoms with Crippen LogP contribution in [0.1, 0.15) is 22.1 Å². The predicted molar refractivity (Wildman–Crippen MR) is 201 cm³/mol. The molecule has 0 aliphatic heterocycles. The predicted octanol–water partition coefficient (Wildman–Crippen LogP) is 12.9. The Morgan fingerprint density at radius 1 is 0.362 bits per heavy atom. The topological polar surface area (TPSA) is 0 Å². The SMILES string of the molecule is [2H]c1c([2H])c([2H])c2c(-c3ccc(-c4ccccc4)c4ccccc34)c3c([2H])c([2H])c([2H])c([2H])c3c(-c3ccc4c(c3)-c3cc5ccccc5cc3C4)c2c1[2H]. The molecule has 0 heterocycles. The van der Waals surface area contributed by atoms with Crippen molar-refractivity contribution in [2.45, 2.75) is 6.42 Å². The zero-order valence-electron chi connectivity index (χ0n) is 33.3. The molecule has 0 nitrogen and oxygen atoms in total. The Labute approximate surface area is 285 Å². The number of hydrogen-bond acceptors (Lipinski definition) is 0. The highest BCUT2D eigenvalue weighted by Crippen LogP contribution is 2.48. The van der Waals surface area contributed by atoms with E-state index in [9.17, 15) is 5.48 Å². The van der Waals surface area contributed by atoms with Gasteiger partial charge in [-0.05, 0) is 117 Å². The van der Waals surface area contributed by atoms with Crippen LogP contribution in [0.25, 0.3) is 87.6 Å². The minimum absolute atomic E-state index is 0.211. The van der Waals surface area contributed by atoms with Gasteiger partial charge in [0, 0.05) is 0 Å². The van der Waals surface area contributed by atoms with Gasteiger partial charge in [0.2, 0.25) is 0 Å². The summed E-state index contributed by atoms with van der Waals surface area (Å²) in [4.78, 5) is 0. The summed E-state index contributed by atoms with van der Waals surface area (Å²) in [7, 11) is 0. The second-order valence-corrected chi connectivity index (χ2v) is 12.2. The minimum atomic E-state index is -0.412. The maximum Gasteiger partial charge on any atom is 0.0629 e. The number of fused-ring (bicyclic) bond motifs is 7. The van der Waals surface area contributed by atoms with Gasteiger partial charge in [0.1, 0.15) is 0 Å². The monoisotopic (exact) mass is 602 g/mol. The molecule has 1 aliphatic carbocycles. The van der Waals surface area contributed by atoms with Crippen LogP contribution in [-0.4, -0.2) is 0 Å². The first-order valence-corrected chi connectivity index (χ1v) is 15.8.